The van der Waals surface area contributed by atoms with Gasteiger partial charge in [-0.2, -0.15) is 0 Å². The summed E-state index contributed by atoms with van der Waals surface area (Å²) in [6.07, 6.45) is 0.699. The van der Waals surface area contributed by atoms with E-state index in [4.69, 9.17) is 21.1 Å². The predicted octanol–water partition coefficient (Wildman–Crippen LogP) is 3.90. The lowest BCUT2D eigenvalue weighted by molar-refractivity contribution is -0.126. The molecule has 0 spiro atoms. The Morgan fingerprint density at radius 3 is 2.69 bits per heavy atom. The van der Waals surface area contributed by atoms with Gasteiger partial charge in [-0.05, 0) is 46.6 Å². The fourth-order valence-corrected chi connectivity index (χ4v) is 4.62. The highest BCUT2D eigenvalue weighted by molar-refractivity contribution is 6.30. The number of carbonyl (C=O) groups is 2. The second-order valence-electron chi connectivity index (χ2n) is 9.16. The van der Waals surface area contributed by atoms with Gasteiger partial charge in [0.05, 0.1) is 17.2 Å². The average molecular weight is 427 g/mol. The van der Waals surface area contributed by atoms with Crippen LogP contribution in [0.3, 0.4) is 0 Å². The minimum Gasteiger partial charge on any atom is -0.444 e. The van der Waals surface area contributed by atoms with Crippen LogP contribution >= 0.6 is 11.6 Å². The first-order chi connectivity index (χ1) is 13.4. The van der Waals surface area contributed by atoms with E-state index in [0.717, 1.165) is 6.42 Å². The standard InChI is InChI=1S/C21H28ClFN2O4/c1-19(2,3)29-18(27)25-15(9-21(12-28-5)11-20(21,25)4)17(26)24-10-13-7-6-8-14(22)16(13)23/h6-8,15H,9-12H2,1-5H3,(H,24,26)/t15-,20-,21-/m0/s1. The van der Waals surface area contributed by atoms with Gasteiger partial charge >= 0.3 is 6.09 Å². The lowest BCUT2D eigenvalue weighted by Crippen LogP contribution is -2.52. The fraction of sp³-hybridized carbons (Fsp3) is 0.619. The summed E-state index contributed by atoms with van der Waals surface area (Å²) in [5, 5.41) is 2.75. The van der Waals surface area contributed by atoms with Crippen LogP contribution in [0.4, 0.5) is 9.18 Å². The van der Waals surface area contributed by atoms with Crippen molar-refractivity contribution in [3.05, 3.63) is 34.6 Å². The van der Waals surface area contributed by atoms with Gasteiger partial charge in [0, 0.05) is 24.6 Å². The normalized spacial score (nSPS) is 28.1. The van der Waals surface area contributed by atoms with Crippen LogP contribution in [0.25, 0.3) is 0 Å². The number of piperidine rings is 1. The van der Waals surface area contributed by atoms with Crippen molar-refractivity contribution in [1.82, 2.24) is 10.2 Å². The molecule has 2 amide bonds. The zero-order valence-corrected chi connectivity index (χ0v) is 18.2. The van der Waals surface area contributed by atoms with Gasteiger partial charge in [-0.1, -0.05) is 23.7 Å². The van der Waals surface area contributed by atoms with Crippen LogP contribution < -0.4 is 5.32 Å². The van der Waals surface area contributed by atoms with Crippen molar-refractivity contribution in [2.24, 2.45) is 5.41 Å². The number of carbonyl (C=O) groups excluding carboxylic acids is 2. The van der Waals surface area contributed by atoms with Gasteiger partial charge in [0.15, 0.2) is 0 Å². The molecule has 29 heavy (non-hydrogen) atoms. The zero-order chi connectivity index (χ0) is 21.6. The fourth-order valence-electron chi connectivity index (χ4n) is 4.43. The van der Waals surface area contributed by atoms with Crippen molar-refractivity contribution in [2.75, 3.05) is 13.7 Å². The minimum atomic E-state index is -0.707. The highest BCUT2D eigenvalue weighted by Gasteiger charge is 2.76. The molecule has 6 nitrogen and oxygen atoms in total. The van der Waals surface area contributed by atoms with Crippen LogP contribution in [0.2, 0.25) is 5.02 Å². The van der Waals surface area contributed by atoms with Gasteiger partial charge in [0.25, 0.3) is 0 Å². The number of likely N-dealkylation sites (tertiary alicyclic amines) is 1. The Balaban J connectivity index is 1.79. The summed E-state index contributed by atoms with van der Waals surface area (Å²) in [6.45, 7) is 7.76. The Hall–Kier alpha value is -1.86. The van der Waals surface area contributed by atoms with Crippen LogP contribution in [-0.4, -0.2) is 47.8 Å². The van der Waals surface area contributed by atoms with Crippen molar-refractivity contribution in [3.8, 4) is 0 Å². The number of rotatable bonds is 5. The first-order valence-corrected chi connectivity index (χ1v) is 10.0. The average Bonchev–Trinajstić information content (AvgIpc) is 3.08. The number of nitrogens with zero attached hydrogens (tertiary/aromatic N) is 1. The summed E-state index contributed by atoms with van der Waals surface area (Å²) < 4.78 is 25.1. The van der Waals surface area contributed by atoms with Crippen molar-refractivity contribution in [2.45, 2.75) is 64.3 Å². The molecule has 1 aliphatic carbocycles. The Labute approximate surface area is 175 Å². The van der Waals surface area contributed by atoms with Gasteiger partial charge in [0.2, 0.25) is 5.91 Å². The largest absolute Gasteiger partial charge is 0.444 e. The molecule has 1 aromatic carbocycles. The Morgan fingerprint density at radius 2 is 2.07 bits per heavy atom. The van der Waals surface area contributed by atoms with E-state index >= 15 is 0 Å². The maximum atomic E-state index is 14.1. The van der Waals surface area contributed by atoms with Crippen molar-refractivity contribution >= 4 is 23.6 Å². The molecule has 1 N–H and O–H groups in total. The molecule has 0 bridgehead atoms. The molecule has 1 heterocycles. The van der Waals surface area contributed by atoms with E-state index in [9.17, 15) is 14.0 Å². The van der Waals surface area contributed by atoms with Gasteiger partial charge in [-0.25, -0.2) is 9.18 Å². The van der Waals surface area contributed by atoms with Crippen LogP contribution in [0, 0.1) is 11.2 Å². The molecule has 1 saturated heterocycles. The number of nitrogens with one attached hydrogen (secondary N) is 1. The number of fused-ring (bicyclic) bond motifs is 1. The lowest BCUT2D eigenvalue weighted by Gasteiger charge is -2.33. The molecule has 3 atom stereocenters. The molecule has 1 saturated carbocycles. The number of hydrogen-bond donors (Lipinski definition) is 1. The van der Waals surface area contributed by atoms with E-state index in [1.807, 2.05) is 6.92 Å². The van der Waals surface area contributed by atoms with Crippen LogP contribution in [0.15, 0.2) is 18.2 Å². The summed E-state index contributed by atoms with van der Waals surface area (Å²) in [5.74, 6) is -0.908. The van der Waals surface area contributed by atoms with Gasteiger partial charge in [-0.15, -0.1) is 0 Å². The number of halogens is 2. The smallest absolute Gasteiger partial charge is 0.411 e. The topological polar surface area (TPSA) is 67.9 Å². The molecule has 0 unspecified atom stereocenters. The Morgan fingerprint density at radius 1 is 1.38 bits per heavy atom. The van der Waals surface area contributed by atoms with Gasteiger partial charge < -0.3 is 14.8 Å². The van der Waals surface area contributed by atoms with Crippen LogP contribution in [-0.2, 0) is 20.8 Å². The quantitative estimate of drug-likeness (QED) is 0.775. The van der Waals surface area contributed by atoms with E-state index in [-0.39, 0.29) is 28.5 Å². The van der Waals surface area contributed by atoms with Crippen molar-refractivity contribution < 1.29 is 23.5 Å². The van der Waals surface area contributed by atoms with Gasteiger partial charge in [-0.3, -0.25) is 9.69 Å². The first-order valence-electron chi connectivity index (χ1n) is 9.66. The molecular weight excluding hydrogens is 399 g/mol. The number of benzene rings is 1. The van der Waals surface area contributed by atoms with Crippen LogP contribution in [0.5, 0.6) is 0 Å². The third-order valence-electron chi connectivity index (χ3n) is 5.93. The molecule has 2 fully saturated rings. The third-order valence-corrected chi connectivity index (χ3v) is 6.22. The summed E-state index contributed by atoms with van der Waals surface area (Å²) in [6, 6.07) is 3.93. The Bertz CT molecular complexity index is 827. The van der Waals surface area contributed by atoms with Gasteiger partial charge in [0.1, 0.15) is 17.5 Å². The first kappa shape index (κ1) is 21.8. The van der Waals surface area contributed by atoms with E-state index in [1.54, 1.807) is 44.9 Å². The molecule has 0 aromatic heterocycles. The molecule has 8 heteroatoms. The molecule has 160 valence electrons. The molecule has 0 radical (unpaired) electrons. The maximum Gasteiger partial charge on any atom is 0.411 e. The van der Waals surface area contributed by atoms with E-state index in [1.165, 1.54) is 6.07 Å². The minimum absolute atomic E-state index is 0.000741. The lowest BCUT2D eigenvalue weighted by atomic mass is 9.98. The SMILES string of the molecule is COC[C@@]12C[C@@H](C(=O)NCc3cccc(Cl)c3F)N(C(=O)OC(C)(C)C)[C@@]1(C)C2. The predicted molar refractivity (Wildman–Crippen MR) is 107 cm³/mol. The summed E-state index contributed by atoms with van der Waals surface area (Å²) in [7, 11) is 1.61. The summed E-state index contributed by atoms with van der Waals surface area (Å²) in [4.78, 5) is 27.5. The number of hydrogen-bond acceptors (Lipinski definition) is 4. The summed E-state index contributed by atoms with van der Waals surface area (Å²) >= 11 is 5.81. The molecule has 2 aliphatic rings. The highest BCUT2D eigenvalue weighted by atomic mass is 35.5. The summed E-state index contributed by atoms with van der Waals surface area (Å²) in [5.41, 5.74) is -1.17. The van der Waals surface area contributed by atoms with E-state index in [2.05, 4.69) is 5.32 Å². The third kappa shape index (κ3) is 3.94. The zero-order valence-electron chi connectivity index (χ0n) is 17.5. The number of methoxy groups -OCH3 is 1. The molecule has 3 rings (SSSR count). The molecule has 1 aliphatic heterocycles. The second-order valence-corrected chi connectivity index (χ2v) is 9.57. The second kappa shape index (κ2) is 7.43. The highest BCUT2D eigenvalue weighted by Crippen LogP contribution is 2.68. The van der Waals surface area contributed by atoms with E-state index < -0.39 is 29.1 Å². The maximum absolute atomic E-state index is 14.1. The number of amides is 2. The Kier molecular flexibility index (Phi) is 5.60. The number of ether oxygens (including phenoxy) is 2. The molecule has 1 aromatic rings. The monoisotopic (exact) mass is 426 g/mol. The van der Waals surface area contributed by atoms with Crippen LogP contribution in [0.1, 0.15) is 46.1 Å². The molecular formula is C21H28ClFN2O4. The van der Waals surface area contributed by atoms with Crippen molar-refractivity contribution in [3.63, 3.8) is 0 Å². The van der Waals surface area contributed by atoms with E-state index in [0.29, 0.717) is 13.0 Å². The van der Waals surface area contributed by atoms with Crippen molar-refractivity contribution in [1.29, 1.82) is 0 Å².